The summed E-state index contributed by atoms with van der Waals surface area (Å²) in [7, 11) is 0. The second-order valence-corrected chi connectivity index (χ2v) is 5.64. The molecule has 0 aliphatic rings. The Morgan fingerprint density at radius 3 is 2.67 bits per heavy atom. The van der Waals surface area contributed by atoms with E-state index in [1.807, 2.05) is 24.3 Å². The molecule has 0 aromatic heterocycles. The van der Waals surface area contributed by atoms with Crippen LogP contribution in [0.3, 0.4) is 0 Å². The van der Waals surface area contributed by atoms with Gasteiger partial charge >= 0.3 is 0 Å². The monoisotopic (exact) mass is 324 g/mol. The maximum absolute atomic E-state index is 10.2. The van der Waals surface area contributed by atoms with E-state index in [4.69, 9.17) is 11.6 Å². The molecule has 0 aliphatic heterocycles. The Morgan fingerprint density at radius 2 is 2.00 bits per heavy atom. The lowest BCUT2D eigenvalue weighted by Crippen LogP contribution is -2.02. The van der Waals surface area contributed by atoms with Crippen LogP contribution in [0.5, 0.6) is 0 Å². The molecule has 1 unspecified atom stereocenters. The fourth-order valence-electron chi connectivity index (χ4n) is 1.90. The summed E-state index contributed by atoms with van der Waals surface area (Å²) in [5, 5.41) is 10.9. The lowest BCUT2D eigenvalue weighted by molar-refractivity contribution is 0.178. The molecule has 1 nitrogen and oxygen atoms in total. The van der Waals surface area contributed by atoms with Crippen molar-refractivity contribution >= 4 is 27.5 Å². The zero-order chi connectivity index (χ0) is 13.1. The van der Waals surface area contributed by atoms with E-state index in [0.717, 1.165) is 15.6 Å². The summed E-state index contributed by atoms with van der Waals surface area (Å²) in [5.41, 5.74) is 3.21. The van der Waals surface area contributed by atoms with Crippen molar-refractivity contribution in [3.8, 4) is 0 Å². The topological polar surface area (TPSA) is 20.2 Å². The Bertz CT molecular complexity index is 554. The van der Waals surface area contributed by atoms with Crippen LogP contribution in [0.15, 0.2) is 46.9 Å². The summed E-state index contributed by atoms with van der Waals surface area (Å²) in [6, 6.07) is 13.7. The van der Waals surface area contributed by atoms with Crippen molar-refractivity contribution in [2.24, 2.45) is 0 Å². The summed E-state index contributed by atoms with van der Waals surface area (Å²) in [5.74, 6) is 0. The lowest BCUT2D eigenvalue weighted by atomic mass is 10.0. The van der Waals surface area contributed by atoms with Crippen molar-refractivity contribution in [3.63, 3.8) is 0 Å². The maximum Gasteiger partial charge on any atom is 0.0830 e. The van der Waals surface area contributed by atoms with E-state index >= 15 is 0 Å². The van der Waals surface area contributed by atoms with Gasteiger partial charge in [-0.15, -0.1) is 0 Å². The van der Waals surface area contributed by atoms with Gasteiger partial charge in [0.25, 0.3) is 0 Å². The van der Waals surface area contributed by atoms with Crippen LogP contribution in [0, 0.1) is 6.92 Å². The molecule has 0 amide bonds. The molecule has 2 rings (SSSR count). The number of aryl methyl sites for hydroxylation is 1. The van der Waals surface area contributed by atoms with Crippen LogP contribution in [-0.4, -0.2) is 5.11 Å². The predicted molar refractivity (Wildman–Crippen MR) is 79.0 cm³/mol. The molecule has 3 heteroatoms. The minimum absolute atomic E-state index is 0.514. The summed E-state index contributed by atoms with van der Waals surface area (Å²) < 4.78 is 0.810. The molecule has 0 heterocycles. The van der Waals surface area contributed by atoms with Crippen molar-refractivity contribution in [2.75, 3.05) is 0 Å². The number of rotatable bonds is 3. The Labute approximate surface area is 121 Å². The molecule has 2 aromatic carbocycles. The smallest absolute Gasteiger partial charge is 0.0830 e. The fourth-order valence-corrected chi connectivity index (χ4v) is 2.41. The third-order valence-corrected chi connectivity index (χ3v) is 4.05. The number of aliphatic hydroxyl groups is 1. The third-order valence-electron chi connectivity index (χ3n) is 2.84. The van der Waals surface area contributed by atoms with Crippen molar-refractivity contribution in [2.45, 2.75) is 19.4 Å². The van der Waals surface area contributed by atoms with Crippen molar-refractivity contribution in [3.05, 3.63) is 68.7 Å². The fraction of sp³-hybridized carbons (Fsp3) is 0.200. The van der Waals surface area contributed by atoms with E-state index < -0.39 is 6.10 Å². The number of halogens is 2. The standard InChI is InChI=1S/C15H14BrClO/c1-10-3-2-4-11(7-10)8-15(18)12-5-6-14(17)13(16)9-12/h2-7,9,15,18H,8H2,1H3. The van der Waals surface area contributed by atoms with Gasteiger partial charge in [0, 0.05) is 10.9 Å². The number of hydrogen-bond acceptors (Lipinski definition) is 1. The zero-order valence-electron chi connectivity index (χ0n) is 10.0. The van der Waals surface area contributed by atoms with Crippen molar-refractivity contribution in [1.29, 1.82) is 0 Å². The second kappa shape index (κ2) is 5.87. The predicted octanol–water partition coefficient (Wildman–Crippen LogP) is 4.69. The SMILES string of the molecule is Cc1cccc(CC(O)c2ccc(Cl)c(Br)c2)c1. The number of hydrogen-bond donors (Lipinski definition) is 1. The molecular formula is C15H14BrClO. The molecule has 94 valence electrons. The average Bonchev–Trinajstić information content (AvgIpc) is 2.32. The summed E-state index contributed by atoms with van der Waals surface area (Å²) in [6.07, 6.45) is 0.0933. The van der Waals surface area contributed by atoms with Crippen LogP contribution < -0.4 is 0 Å². The first-order valence-corrected chi connectivity index (χ1v) is 6.92. The Balaban J connectivity index is 2.16. The molecule has 0 saturated heterocycles. The molecule has 0 aliphatic carbocycles. The van der Waals surface area contributed by atoms with E-state index in [1.54, 1.807) is 6.07 Å². The van der Waals surface area contributed by atoms with Crippen molar-refractivity contribution in [1.82, 2.24) is 0 Å². The Kier molecular flexibility index (Phi) is 4.44. The van der Waals surface area contributed by atoms with E-state index in [9.17, 15) is 5.11 Å². The molecular weight excluding hydrogens is 312 g/mol. The molecule has 0 fully saturated rings. The van der Waals surface area contributed by atoms with Gasteiger partial charge in [0.2, 0.25) is 0 Å². The summed E-state index contributed by atoms with van der Waals surface area (Å²) in [4.78, 5) is 0. The van der Waals surface area contributed by atoms with Crippen molar-refractivity contribution < 1.29 is 5.11 Å². The van der Waals surface area contributed by atoms with Gasteiger partial charge in [-0.25, -0.2) is 0 Å². The minimum Gasteiger partial charge on any atom is -0.388 e. The molecule has 0 saturated carbocycles. The van der Waals surface area contributed by atoms with E-state index in [-0.39, 0.29) is 0 Å². The summed E-state index contributed by atoms with van der Waals surface area (Å²) in [6.45, 7) is 2.05. The molecule has 0 spiro atoms. The van der Waals surface area contributed by atoms with Gasteiger partial charge in [-0.1, -0.05) is 47.5 Å². The first-order chi connectivity index (χ1) is 8.56. The zero-order valence-corrected chi connectivity index (χ0v) is 12.4. The summed E-state index contributed by atoms with van der Waals surface area (Å²) >= 11 is 9.31. The average molecular weight is 326 g/mol. The molecule has 1 N–H and O–H groups in total. The Hall–Kier alpha value is -0.830. The van der Waals surface area contributed by atoms with Crippen LogP contribution in [-0.2, 0) is 6.42 Å². The number of benzene rings is 2. The van der Waals surface area contributed by atoms with Crippen LogP contribution in [0.2, 0.25) is 5.02 Å². The normalized spacial score (nSPS) is 12.4. The van der Waals surface area contributed by atoms with Crippen LogP contribution in [0.25, 0.3) is 0 Å². The molecule has 0 bridgehead atoms. The van der Waals surface area contributed by atoms with Crippen LogP contribution >= 0.6 is 27.5 Å². The van der Waals surface area contributed by atoms with Gasteiger partial charge < -0.3 is 5.11 Å². The highest BCUT2D eigenvalue weighted by Gasteiger charge is 2.10. The minimum atomic E-state index is -0.514. The molecule has 1 atom stereocenters. The largest absolute Gasteiger partial charge is 0.388 e. The second-order valence-electron chi connectivity index (χ2n) is 4.38. The first-order valence-electron chi connectivity index (χ1n) is 5.75. The van der Waals surface area contributed by atoms with Gasteiger partial charge in [-0.3, -0.25) is 0 Å². The first kappa shape index (κ1) is 13.6. The van der Waals surface area contributed by atoms with Gasteiger partial charge in [-0.2, -0.15) is 0 Å². The van der Waals surface area contributed by atoms with Crippen LogP contribution in [0.4, 0.5) is 0 Å². The van der Waals surface area contributed by atoms with E-state index in [1.165, 1.54) is 5.56 Å². The van der Waals surface area contributed by atoms with E-state index in [0.29, 0.717) is 11.4 Å². The van der Waals surface area contributed by atoms with Gasteiger partial charge in [0.1, 0.15) is 0 Å². The molecule has 2 aromatic rings. The number of aliphatic hydroxyl groups excluding tert-OH is 1. The van der Waals surface area contributed by atoms with Crippen LogP contribution in [0.1, 0.15) is 22.8 Å². The quantitative estimate of drug-likeness (QED) is 0.868. The van der Waals surface area contributed by atoms with E-state index in [2.05, 4.69) is 35.0 Å². The third kappa shape index (κ3) is 3.35. The molecule has 0 radical (unpaired) electrons. The highest BCUT2D eigenvalue weighted by atomic mass is 79.9. The molecule has 18 heavy (non-hydrogen) atoms. The highest BCUT2D eigenvalue weighted by Crippen LogP contribution is 2.27. The maximum atomic E-state index is 10.2. The van der Waals surface area contributed by atoms with Gasteiger partial charge in [0.05, 0.1) is 11.1 Å². The Morgan fingerprint density at radius 1 is 1.22 bits per heavy atom. The van der Waals surface area contributed by atoms with Gasteiger partial charge in [0.15, 0.2) is 0 Å². The highest BCUT2D eigenvalue weighted by molar-refractivity contribution is 9.10. The lowest BCUT2D eigenvalue weighted by Gasteiger charge is -2.12. The van der Waals surface area contributed by atoms with Gasteiger partial charge in [-0.05, 0) is 46.1 Å².